The molecule has 2 N–H and O–H groups in total. The molecule has 12 heteroatoms. The van der Waals surface area contributed by atoms with Crippen molar-refractivity contribution in [2.75, 3.05) is 13.1 Å². The van der Waals surface area contributed by atoms with Gasteiger partial charge in [0.05, 0.1) is 4.92 Å². The van der Waals surface area contributed by atoms with E-state index < -0.39 is 10.8 Å². The van der Waals surface area contributed by atoms with Crippen LogP contribution < -0.4 is 10.6 Å². The van der Waals surface area contributed by atoms with Gasteiger partial charge in [-0.2, -0.15) is 10.1 Å². The van der Waals surface area contributed by atoms with Gasteiger partial charge in [-0.3, -0.25) is 24.4 Å². The van der Waals surface area contributed by atoms with Gasteiger partial charge in [0, 0.05) is 18.7 Å². The molecule has 0 aliphatic rings. The van der Waals surface area contributed by atoms with E-state index in [1.54, 1.807) is 31.2 Å². The maximum Gasteiger partial charge on any atom is 0.316 e. The summed E-state index contributed by atoms with van der Waals surface area (Å²) < 4.78 is 6.31. The molecule has 2 heterocycles. The van der Waals surface area contributed by atoms with Crippen LogP contribution in [0.4, 0.5) is 5.69 Å². The molecule has 0 saturated carbocycles. The first-order valence-electron chi connectivity index (χ1n) is 8.99. The maximum atomic E-state index is 12.1. The fraction of sp³-hybridized carbons (Fsp3) is 0.278. The second-order valence-corrected chi connectivity index (χ2v) is 6.33. The summed E-state index contributed by atoms with van der Waals surface area (Å²) >= 11 is 0. The number of benzene rings is 1. The van der Waals surface area contributed by atoms with Gasteiger partial charge in [-0.1, -0.05) is 23.4 Å². The van der Waals surface area contributed by atoms with Gasteiger partial charge in [0.15, 0.2) is 5.82 Å². The zero-order chi connectivity index (χ0) is 21.7. The molecule has 3 aromatic rings. The van der Waals surface area contributed by atoms with Crippen molar-refractivity contribution in [3.05, 3.63) is 69.1 Å². The molecule has 3 rings (SSSR count). The van der Waals surface area contributed by atoms with Gasteiger partial charge in [0.25, 0.3) is 5.91 Å². The number of rotatable bonds is 8. The molecular weight excluding hydrogens is 394 g/mol. The van der Waals surface area contributed by atoms with Crippen LogP contribution in [-0.2, 0) is 6.54 Å². The Balaban J connectivity index is 1.51. The Kier molecular flexibility index (Phi) is 6.15. The number of aryl methyl sites for hydroxylation is 1. The van der Waals surface area contributed by atoms with Crippen LogP contribution in [0.1, 0.15) is 38.3 Å². The molecule has 0 unspecified atom stereocenters. The molecule has 156 valence electrons. The smallest absolute Gasteiger partial charge is 0.316 e. The summed E-state index contributed by atoms with van der Waals surface area (Å²) in [6.07, 6.45) is 0. The van der Waals surface area contributed by atoms with Crippen molar-refractivity contribution in [1.29, 1.82) is 0 Å². The summed E-state index contributed by atoms with van der Waals surface area (Å²) in [6, 6.07) is 8.70. The van der Waals surface area contributed by atoms with Crippen molar-refractivity contribution in [2.24, 2.45) is 0 Å². The number of nitrogens with one attached hydrogen (secondary N) is 2. The highest BCUT2D eigenvalue weighted by Crippen LogP contribution is 2.22. The average Bonchev–Trinajstić information content (AvgIpc) is 3.30. The Morgan fingerprint density at radius 2 is 1.80 bits per heavy atom. The zero-order valence-corrected chi connectivity index (χ0v) is 16.3. The number of carbonyl (C=O) groups excluding carboxylic acids is 2. The van der Waals surface area contributed by atoms with Crippen molar-refractivity contribution in [1.82, 2.24) is 30.6 Å². The van der Waals surface area contributed by atoms with Crippen LogP contribution in [0.25, 0.3) is 0 Å². The third-order valence-corrected chi connectivity index (χ3v) is 4.21. The van der Waals surface area contributed by atoms with Gasteiger partial charge in [-0.05, 0) is 26.0 Å². The summed E-state index contributed by atoms with van der Waals surface area (Å²) in [4.78, 5) is 38.6. The first-order valence-corrected chi connectivity index (χ1v) is 8.99. The van der Waals surface area contributed by atoms with Crippen molar-refractivity contribution in [3.63, 3.8) is 0 Å². The first kappa shape index (κ1) is 20.6. The van der Waals surface area contributed by atoms with Crippen molar-refractivity contribution in [2.45, 2.75) is 20.4 Å². The van der Waals surface area contributed by atoms with E-state index in [-0.39, 0.29) is 48.6 Å². The minimum Gasteiger partial charge on any atom is -0.350 e. The topological polar surface area (TPSA) is 158 Å². The summed E-state index contributed by atoms with van der Waals surface area (Å²) in [5.41, 5.74) is 1.07. The molecule has 1 aromatic carbocycles. The molecule has 2 amide bonds. The lowest BCUT2D eigenvalue weighted by atomic mass is 10.2. The van der Waals surface area contributed by atoms with E-state index in [1.807, 2.05) is 6.07 Å². The maximum absolute atomic E-state index is 12.1. The number of carbonyl (C=O) groups is 2. The van der Waals surface area contributed by atoms with E-state index in [1.165, 1.54) is 11.6 Å². The molecule has 0 aliphatic carbocycles. The lowest BCUT2D eigenvalue weighted by Gasteiger charge is -2.05. The van der Waals surface area contributed by atoms with Crippen LogP contribution >= 0.6 is 0 Å². The summed E-state index contributed by atoms with van der Waals surface area (Å²) in [6.45, 7) is 3.50. The van der Waals surface area contributed by atoms with E-state index >= 15 is 0 Å². The lowest BCUT2D eigenvalue weighted by Crippen LogP contribution is -2.34. The third kappa shape index (κ3) is 4.66. The Hall–Kier alpha value is -4.09. The number of nitro groups is 1. The molecule has 0 fully saturated rings. The van der Waals surface area contributed by atoms with Crippen LogP contribution in [-0.4, -0.2) is 49.7 Å². The second-order valence-electron chi connectivity index (χ2n) is 6.33. The Morgan fingerprint density at radius 1 is 1.13 bits per heavy atom. The van der Waals surface area contributed by atoms with Gasteiger partial charge in [-0.15, -0.1) is 0 Å². The van der Waals surface area contributed by atoms with Gasteiger partial charge in [-0.25, -0.2) is 0 Å². The highest BCUT2D eigenvalue weighted by atomic mass is 16.6. The number of aromatic nitrogens is 4. The lowest BCUT2D eigenvalue weighted by molar-refractivity contribution is -0.386. The largest absolute Gasteiger partial charge is 0.350 e. The number of nitrogens with zero attached hydrogens (tertiary/aromatic N) is 5. The van der Waals surface area contributed by atoms with Crippen molar-refractivity contribution < 1.29 is 19.0 Å². The fourth-order valence-corrected chi connectivity index (χ4v) is 2.77. The summed E-state index contributed by atoms with van der Waals surface area (Å²) in [7, 11) is 0. The van der Waals surface area contributed by atoms with Gasteiger partial charge in [0.2, 0.25) is 0 Å². The van der Waals surface area contributed by atoms with Gasteiger partial charge in [0.1, 0.15) is 17.9 Å². The molecule has 0 aliphatic heterocycles. The van der Waals surface area contributed by atoms with Crippen LogP contribution in [0, 0.1) is 24.0 Å². The molecule has 0 atom stereocenters. The predicted octanol–water partition coefficient (Wildman–Crippen LogP) is 0.999. The number of hydrogen-bond donors (Lipinski definition) is 2. The molecular formula is C18H19N7O5. The Labute approximate surface area is 170 Å². The van der Waals surface area contributed by atoms with Gasteiger partial charge < -0.3 is 15.2 Å². The molecule has 2 aromatic heterocycles. The van der Waals surface area contributed by atoms with E-state index in [2.05, 4.69) is 25.9 Å². The third-order valence-electron chi connectivity index (χ3n) is 4.21. The molecule has 0 bridgehead atoms. The van der Waals surface area contributed by atoms with Crippen LogP contribution in [0.3, 0.4) is 0 Å². The van der Waals surface area contributed by atoms with Crippen LogP contribution in [0.5, 0.6) is 0 Å². The zero-order valence-electron chi connectivity index (χ0n) is 16.3. The van der Waals surface area contributed by atoms with E-state index in [0.29, 0.717) is 11.3 Å². The van der Waals surface area contributed by atoms with Crippen molar-refractivity contribution in [3.8, 4) is 0 Å². The standard InChI is InChI=1S/C18H19N7O5/c1-11-15(25(28)29)12(2)24(22-11)10-14-21-18(30-23-14)17(27)20-9-8-19-16(26)13-6-4-3-5-7-13/h3-7H,8-10H2,1-2H3,(H,19,26)(H,20,27). The van der Waals surface area contributed by atoms with Crippen molar-refractivity contribution >= 4 is 17.5 Å². The van der Waals surface area contributed by atoms with E-state index in [4.69, 9.17) is 4.52 Å². The Morgan fingerprint density at radius 3 is 2.43 bits per heavy atom. The fourth-order valence-electron chi connectivity index (χ4n) is 2.77. The molecule has 0 spiro atoms. The molecule has 0 radical (unpaired) electrons. The predicted molar refractivity (Wildman–Crippen MR) is 103 cm³/mol. The van der Waals surface area contributed by atoms with E-state index in [0.717, 1.165) is 0 Å². The van der Waals surface area contributed by atoms with Crippen LogP contribution in [0.15, 0.2) is 34.9 Å². The molecule has 12 nitrogen and oxygen atoms in total. The first-order chi connectivity index (χ1) is 14.4. The molecule has 0 saturated heterocycles. The molecule has 30 heavy (non-hydrogen) atoms. The summed E-state index contributed by atoms with van der Waals surface area (Å²) in [5, 5.41) is 24.1. The number of amides is 2. The van der Waals surface area contributed by atoms with Gasteiger partial charge >= 0.3 is 17.5 Å². The normalized spacial score (nSPS) is 10.6. The summed E-state index contributed by atoms with van der Waals surface area (Å²) in [5.74, 6) is -0.945. The minimum atomic E-state index is -0.595. The van der Waals surface area contributed by atoms with E-state index in [9.17, 15) is 19.7 Å². The quantitative estimate of drug-likeness (QED) is 0.314. The van der Waals surface area contributed by atoms with Crippen LogP contribution in [0.2, 0.25) is 0 Å². The SMILES string of the molecule is Cc1nn(Cc2noc(C(=O)NCCNC(=O)c3ccccc3)n2)c(C)c1[N+](=O)[O-]. The minimum absolute atomic E-state index is 0.0183. The Bertz CT molecular complexity index is 1070. The highest BCUT2D eigenvalue weighted by molar-refractivity contribution is 5.94. The monoisotopic (exact) mass is 413 g/mol. The average molecular weight is 413 g/mol. The number of hydrogen-bond acceptors (Lipinski definition) is 8. The second kappa shape index (κ2) is 8.94. The highest BCUT2D eigenvalue weighted by Gasteiger charge is 2.23.